The number of methoxy groups -OCH3 is 1. The molecule has 2 aliphatic carbocycles. The Hall–Kier alpha value is -0.900. The van der Waals surface area contributed by atoms with Gasteiger partial charge in [-0.3, -0.25) is 9.59 Å². The molecule has 0 N–H and O–H groups in total. The van der Waals surface area contributed by atoms with E-state index in [4.69, 9.17) is 9.47 Å². The summed E-state index contributed by atoms with van der Waals surface area (Å²) in [5.74, 6) is 0.119. The van der Waals surface area contributed by atoms with Gasteiger partial charge in [0.25, 0.3) is 0 Å². The van der Waals surface area contributed by atoms with E-state index in [1.54, 1.807) is 7.11 Å². The van der Waals surface area contributed by atoms with Crippen molar-refractivity contribution < 1.29 is 19.1 Å². The van der Waals surface area contributed by atoms with Crippen LogP contribution in [0.2, 0.25) is 0 Å². The third-order valence-corrected chi connectivity index (χ3v) is 3.99. The first-order valence-electron chi connectivity index (χ1n) is 6.38. The highest BCUT2D eigenvalue weighted by molar-refractivity contribution is 5.87. The van der Waals surface area contributed by atoms with E-state index in [1.165, 1.54) is 0 Å². The van der Waals surface area contributed by atoms with Crippen molar-refractivity contribution in [2.45, 2.75) is 38.7 Å². The maximum absolute atomic E-state index is 12.0. The zero-order chi connectivity index (χ0) is 12.4. The predicted molar refractivity (Wildman–Crippen MR) is 61.4 cm³/mol. The van der Waals surface area contributed by atoms with Crippen molar-refractivity contribution in [1.29, 1.82) is 0 Å². The fourth-order valence-corrected chi connectivity index (χ4v) is 3.15. The monoisotopic (exact) mass is 240 g/mol. The van der Waals surface area contributed by atoms with Crippen LogP contribution in [0.1, 0.15) is 32.6 Å². The van der Waals surface area contributed by atoms with E-state index in [-0.39, 0.29) is 29.8 Å². The summed E-state index contributed by atoms with van der Waals surface area (Å²) in [6, 6.07) is 0. The third kappa shape index (κ3) is 2.51. The smallest absolute Gasteiger partial charge is 0.308 e. The van der Waals surface area contributed by atoms with Crippen molar-refractivity contribution in [3.8, 4) is 0 Å². The summed E-state index contributed by atoms with van der Waals surface area (Å²) in [4.78, 5) is 23.7. The minimum absolute atomic E-state index is 0.00172. The zero-order valence-corrected chi connectivity index (χ0v) is 10.5. The van der Waals surface area contributed by atoms with Crippen LogP contribution >= 0.6 is 0 Å². The molecule has 0 aromatic rings. The first kappa shape index (κ1) is 12.6. The Labute approximate surface area is 102 Å². The summed E-state index contributed by atoms with van der Waals surface area (Å²) in [6.45, 7) is 2.23. The summed E-state index contributed by atoms with van der Waals surface area (Å²) >= 11 is 0. The Morgan fingerprint density at radius 3 is 2.29 bits per heavy atom. The molecule has 0 spiro atoms. The molecule has 17 heavy (non-hydrogen) atoms. The molecule has 0 amide bonds. The lowest BCUT2D eigenvalue weighted by atomic mass is 9.66. The van der Waals surface area contributed by atoms with Crippen LogP contribution in [0.5, 0.6) is 0 Å². The molecule has 0 aromatic carbocycles. The van der Waals surface area contributed by atoms with Gasteiger partial charge in [0.2, 0.25) is 0 Å². The van der Waals surface area contributed by atoms with Crippen molar-refractivity contribution in [3.63, 3.8) is 0 Å². The summed E-state index contributed by atoms with van der Waals surface area (Å²) < 4.78 is 10.4. The number of carbonyl (C=O) groups is 2. The molecule has 4 nitrogen and oxygen atoms in total. The molecule has 0 aliphatic heterocycles. The topological polar surface area (TPSA) is 52.6 Å². The maximum atomic E-state index is 12.0. The van der Waals surface area contributed by atoms with Gasteiger partial charge in [0.15, 0.2) is 0 Å². The van der Waals surface area contributed by atoms with E-state index >= 15 is 0 Å². The second-order valence-electron chi connectivity index (χ2n) is 5.05. The quantitative estimate of drug-likeness (QED) is 0.703. The molecule has 0 heterocycles. The number of hydrogen-bond acceptors (Lipinski definition) is 4. The minimum atomic E-state index is -0.133. The number of rotatable bonds is 3. The van der Waals surface area contributed by atoms with E-state index in [1.807, 2.05) is 6.92 Å². The molecule has 4 atom stereocenters. The first-order chi connectivity index (χ1) is 8.15. The Kier molecular flexibility index (Phi) is 3.82. The summed E-state index contributed by atoms with van der Waals surface area (Å²) in [7, 11) is 1.69. The minimum Gasteiger partial charge on any atom is -0.466 e. The van der Waals surface area contributed by atoms with Gasteiger partial charge in [-0.05, 0) is 32.6 Å². The lowest BCUT2D eigenvalue weighted by Crippen LogP contribution is -2.44. The molecular formula is C13H20O4. The Balaban J connectivity index is 2.02. The normalized spacial score (nSPS) is 36.7. The van der Waals surface area contributed by atoms with Crippen LogP contribution in [0.3, 0.4) is 0 Å². The second-order valence-corrected chi connectivity index (χ2v) is 5.05. The molecule has 2 unspecified atom stereocenters. The number of esters is 1. The fraction of sp³-hybridized carbons (Fsp3) is 0.846. The van der Waals surface area contributed by atoms with Gasteiger partial charge in [-0.1, -0.05) is 0 Å². The average Bonchev–Trinajstić information content (AvgIpc) is 2.28. The summed E-state index contributed by atoms with van der Waals surface area (Å²) in [5, 5.41) is 0. The van der Waals surface area contributed by atoms with Crippen molar-refractivity contribution >= 4 is 11.8 Å². The Morgan fingerprint density at radius 1 is 1.24 bits per heavy atom. The van der Waals surface area contributed by atoms with Crippen LogP contribution in [-0.2, 0) is 19.1 Å². The standard InChI is InChI=1S/C13H20O4/c1-3-17-13(15)10-4-8-6-11(16-2)7-9(5-10)12(8)14/h8-11H,3-7H2,1-2H3/t8-,9+,10?,11?. The van der Waals surface area contributed by atoms with Crippen molar-refractivity contribution in [1.82, 2.24) is 0 Å². The summed E-state index contributed by atoms with van der Waals surface area (Å²) in [6.07, 6.45) is 3.01. The molecule has 0 radical (unpaired) electrons. The molecule has 2 saturated carbocycles. The molecule has 0 saturated heterocycles. The van der Waals surface area contributed by atoms with Gasteiger partial charge < -0.3 is 9.47 Å². The van der Waals surface area contributed by atoms with Crippen LogP contribution in [0.25, 0.3) is 0 Å². The fourth-order valence-electron chi connectivity index (χ4n) is 3.15. The largest absolute Gasteiger partial charge is 0.466 e. The lowest BCUT2D eigenvalue weighted by molar-refractivity contribution is -0.155. The lowest BCUT2D eigenvalue weighted by Gasteiger charge is -2.39. The van der Waals surface area contributed by atoms with Gasteiger partial charge in [-0.15, -0.1) is 0 Å². The van der Waals surface area contributed by atoms with E-state index in [0.717, 1.165) is 12.8 Å². The number of ether oxygens (including phenoxy) is 2. The van der Waals surface area contributed by atoms with Crippen LogP contribution in [0, 0.1) is 17.8 Å². The van der Waals surface area contributed by atoms with Crippen LogP contribution in [-0.4, -0.2) is 31.6 Å². The Bertz CT molecular complexity index is 295. The van der Waals surface area contributed by atoms with E-state index in [2.05, 4.69) is 0 Å². The zero-order valence-electron chi connectivity index (χ0n) is 10.5. The SMILES string of the molecule is CCOC(=O)C1C[C@H]2CC(OC)C[C@@H](C1)C2=O. The van der Waals surface area contributed by atoms with Crippen LogP contribution in [0.4, 0.5) is 0 Å². The van der Waals surface area contributed by atoms with Gasteiger partial charge in [0, 0.05) is 18.9 Å². The third-order valence-electron chi connectivity index (χ3n) is 3.99. The van der Waals surface area contributed by atoms with Gasteiger partial charge in [0.05, 0.1) is 18.6 Å². The molecular weight excluding hydrogens is 220 g/mol. The van der Waals surface area contributed by atoms with Gasteiger partial charge in [0.1, 0.15) is 5.78 Å². The van der Waals surface area contributed by atoms with Gasteiger partial charge in [-0.2, -0.15) is 0 Å². The van der Waals surface area contributed by atoms with Crippen LogP contribution in [0.15, 0.2) is 0 Å². The van der Waals surface area contributed by atoms with Crippen molar-refractivity contribution in [3.05, 3.63) is 0 Å². The highest BCUT2D eigenvalue weighted by Crippen LogP contribution is 2.41. The molecule has 96 valence electrons. The molecule has 2 aliphatic rings. The summed E-state index contributed by atoms with van der Waals surface area (Å²) in [5.41, 5.74) is 0. The highest BCUT2D eigenvalue weighted by atomic mass is 16.5. The molecule has 4 heteroatoms. The molecule has 2 rings (SSSR count). The highest BCUT2D eigenvalue weighted by Gasteiger charge is 2.44. The average molecular weight is 240 g/mol. The van der Waals surface area contributed by atoms with E-state index in [0.29, 0.717) is 25.2 Å². The van der Waals surface area contributed by atoms with E-state index < -0.39 is 0 Å². The predicted octanol–water partition coefficient (Wildman–Crippen LogP) is 1.57. The second kappa shape index (κ2) is 5.17. The number of carbonyl (C=O) groups excluding carboxylic acids is 2. The number of Topliss-reactive ketones (excluding diaryl/α,β-unsaturated/α-hetero) is 1. The number of hydrogen-bond donors (Lipinski definition) is 0. The van der Waals surface area contributed by atoms with Crippen LogP contribution < -0.4 is 0 Å². The number of ketones is 1. The molecule has 2 bridgehead atoms. The van der Waals surface area contributed by atoms with Crippen molar-refractivity contribution in [2.24, 2.45) is 17.8 Å². The Morgan fingerprint density at radius 2 is 1.82 bits per heavy atom. The van der Waals surface area contributed by atoms with Gasteiger partial charge >= 0.3 is 5.97 Å². The van der Waals surface area contributed by atoms with Crippen molar-refractivity contribution in [2.75, 3.05) is 13.7 Å². The number of fused-ring (bicyclic) bond motifs is 2. The van der Waals surface area contributed by atoms with Gasteiger partial charge in [-0.25, -0.2) is 0 Å². The molecule has 0 aromatic heterocycles. The first-order valence-corrected chi connectivity index (χ1v) is 6.38. The van der Waals surface area contributed by atoms with E-state index in [9.17, 15) is 9.59 Å². The maximum Gasteiger partial charge on any atom is 0.308 e. The molecule has 2 fully saturated rings.